The first-order chi connectivity index (χ1) is 15.5. The molecule has 1 N–H and O–H groups in total. The van der Waals surface area contributed by atoms with E-state index in [0.717, 1.165) is 17.5 Å². The molecule has 7 nitrogen and oxygen atoms in total. The number of nitrogens with one attached hydrogen (secondary N) is 1. The predicted molar refractivity (Wildman–Crippen MR) is 122 cm³/mol. The molecule has 1 heterocycles. The molecule has 32 heavy (non-hydrogen) atoms. The van der Waals surface area contributed by atoms with E-state index in [-0.39, 0.29) is 23.7 Å². The van der Waals surface area contributed by atoms with E-state index in [1.54, 1.807) is 26.2 Å². The van der Waals surface area contributed by atoms with Gasteiger partial charge in [0.05, 0.1) is 20.1 Å². The summed E-state index contributed by atoms with van der Waals surface area (Å²) in [4.78, 5) is 28.2. The van der Waals surface area contributed by atoms with Crippen LogP contribution in [0.2, 0.25) is 0 Å². The Kier molecular flexibility index (Phi) is 8.11. The van der Waals surface area contributed by atoms with Crippen LogP contribution in [0.3, 0.4) is 0 Å². The molecule has 0 unspecified atom stereocenters. The summed E-state index contributed by atoms with van der Waals surface area (Å²) in [6.45, 7) is 3.82. The molecule has 2 aromatic carbocycles. The van der Waals surface area contributed by atoms with E-state index in [1.165, 1.54) is 0 Å². The second-order valence-electron chi connectivity index (χ2n) is 7.98. The van der Waals surface area contributed by atoms with Crippen LogP contribution in [0.25, 0.3) is 0 Å². The molecule has 7 heteroatoms. The fourth-order valence-electron chi connectivity index (χ4n) is 4.22. The monoisotopic (exact) mass is 440 g/mol. The lowest BCUT2D eigenvalue weighted by Gasteiger charge is -2.21. The SMILES string of the molecule is COCCCNC(=O)[C@@H]1CN(C(=O)c2ccccc2C)C[C@H]1c1ccc(OC)cc1OC. The van der Waals surface area contributed by atoms with Crippen LogP contribution in [0.5, 0.6) is 11.5 Å². The minimum atomic E-state index is -0.382. The molecular weight excluding hydrogens is 408 g/mol. The van der Waals surface area contributed by atoms with Crippen molar-refractivity contribution in [1.29, 1.82) is 0 Å². The lowest BCUT2D eigenvalue weighted by atomic mass is 9.87. The number of hydrogen-bond acceptors (Lipinski definition) is 5. The van der Waals surface area contributed by atoms with Gasteiger partial charge in [-0.3, -0.25) is 9.59 Å². The van der Waals surface area contributed by atoms with Crippen molar-refractivity contribution >= 4 is 11.8 Å². The number of aryl methyl sites for hydroxylation is 1. The average molecular weight is 441 g/mol. The third-order valence-electron chi connectivity index (χ3n) is 5.98. The predicted octanol–water partition coefficient (Wildman–Crippen LogP) is 3.02. The molecule has 1 aliphatic heterocycles. The van der Waals surface area contributed by atoms with Crippen molar-refractivity contribution in [2.24, 2.45) is 5.92 Å². The van der Waals surface area contributed by atoms with Gasteiger partial charge in [-0.2, -0.15) is 0 Å². The maximum atomic E-state index is 13.3. The van der Waals surface area contributed by atoms with Crippen LogP contribution in [0, 0.1) is 12.8 Å². The maximum Gasteiger partial charge on any atom is 0.254 e. The summed E-state index contributed by atoms with van der Waals surface area (Å²) in [5.74, 6) is 0.632. The van der Waals surface area contributed by atoms with Gasteiger partial charge in [0.2, 0.25) is 5.91 Å². The molecule has 2 atom stereocenters. The first-order valence-electron chi connectivity index (χ1n) is 10.8. The lowest BCUT2D eigenvalue weighted by Crippen LogP contribution is -2.36. The van der Waals surface area contributed by atoms with Crippen molar-refractivity contribution in [3.8, 4) is 11.5 Å². The highest BCUT2D eigenvalue weighted by Crippen LogP contribution is 2.39. The Morgan fingerprint density at radius 1 is 1.06 bits per heavy atom. The van der Waals surface area contributed by atoms with Gasteiger partial charge in [0.25, 0.3) is 5.91 Å². The average Bonchev–Trinajstić information content (AvgIpc) is 3.26. The second kappa shape index (κ2) is 11.0. The maximum absolute atomic E-state index is 13.3. The molecule has 0 aromatic heterocycles. The summed E-state index contributed by atoms with van der Waals surface area (Å²) in [5, 5.41) is 3.01. The molecule has 0 aliphatic carbocycles. The smallest absolute Gasteiger partial charge is 0.254 e. The van der Waals surface area contributed by atoms with Gasteiger partial charge in [0.15, 0.2) is 0 Å². The first kappa shape index (κ1) is 23.6. The highest BCUT2D eigenvalue weighted by Gasteiger charge is 2.41. The summed E-state index contributed by atoms with van der Waals surface area (Å²) >= 11 is 0. The molecule has 1 aliphatic rings. The minimum absolute atomic E-state index is 0.0599. The molecular formula is C25H32N2O5. The van der Waals surface area contributed by atoms with Gasteiger partial charge in [-0.05, 0) is 31.0 Å². The molecule has 0 spiro atoms. The summed E-state index contributed by atoms with van der Waals surface area (Å²) in [5.41, 5.74) is 2.48. The van der Waals surface area contributed by atoms with Gasteiger partial charge >= 0.3 is 0 Å². The van der Waals surface area contributed by atoms with Gasteiger partial charge in [0, 0.05) is 56.5 Å². The summed E-state index contributed by atoms with van der Waals surface area (Å²) in [6, 6.07) is 13.1. The number of hydrogen-bond donors (Lipinski definition) is 1. The van der Waals surface area contributed by atoms with Crippen molar-refractivity contribution in [1.82, 2.24) is 10.2 Å². The van der Waals surface area contributed by atoms with Crippen LogP contribution < -0.4 is 14.8 Å². The number of nitrogens with zero attached hydrogens (tertiary/aromatic N) is 1. The van der Waals surface area contributed by atoms with E-state index in [9.17, 15) is 9.59 Å². The largest absolute Gasteiger partial charge is 0.497 e. The number of carbonyl (C=O) groups is 2. The summed E-state index contributed by atoms with van der Waals surface area (Å²) in [7, 11) is 4.84. The van der Waals surface area contributed by atoms with Crippen molar-refractivity contribution < 1.29 is 23.8 Å². The van der Waals surface area contributed by atoms with Crippen molar-refractivity contribution in [3.05, 3.63) is 59.2 Å². The highest BCUT2D eigenvalue weighted by atomic mass is 16.5. The lowest BCUT2D eigenvalue weighted by molar-refractivity contribution is -0.124. The third-order valence-corrected chi connectivity index (χ3v) is 5.98. The first-order valence-corrected chi connectivity index (χ1v) is 10.8. The highest BCUT2D eigenvalue weighted by molar-refractivity contribution is 5.96. The van der Waals surface area contributed by atoms with Gasteiger partial charge in [-0.15, -0.1) is 0 Å². The van der Waals surface area contributed by atoms with Crippen molar-refractivity contribution in [2.75, 3.05) is 47.6 Å². The normalized spacial score (nSPS) is 17.8. The van der Waals surface area contributed by atoms with Crippen molar-refractivity contribution in [2.45, 2.75) is 19.3 Å². The zero-order chi connectivity index (χ0) is 23.1. The van der Waals surface area contributed by atoms with Crippen LogP contribution in [-0.4, -0.2) is 64.3 Å². The van der Waals surface area contributed by atoms with Gasteiger partial charge < -0.3 is 24.4 Å². The zero-order valence-electron chi connectivity index (χ0n) is 19.2. The Bertz CT molecular complexity index is 946. The number of benzene rings is 2. The Morgan fingerprint density at radius 2 is 1.84 bits per heavy atom. The molecule has 1 fully saturated rings. The van der Waals surface area contributed by atoms with E-state index in [1.807, 2.05) is 49.4 Å². The molecule has 172 valence electrons. The number of ether oxygens (including phenoxy) is 3. The van der Waals surface area contributed by atoms with Crippen LogP contribution in [0.1, 0.15) is 33.8 Å². The third kappa shape index (κ3) is 5.22. The summed E-state index contributed by atoms with van der Waals surface area (Å²) < 4.78 is 16.0. The molecule has 1 saturated heterocycles. The number of rotatable bonds is 9. The molecule has 0 radical (unpaired) electrons. The van der Waals surface area contributed by atoms with E-state index in [2.05, 4.69) is 5.32 Å². The number of carbonyl (C=O) groups excluding carboxylic acids is 2. The number of methoxy groups -OCH3 is 3. The Morgan fingerprint density at radius 3 is 2.53 bits per heavy atom. The van der Waals surface area contributed by atoms with Gasteiger partial charge in [-0.1, -0.05) is 24.3 Å². The molecule has 0 saturated carbocycles. The van der Waals surface area contributed by atoms with Crippen LogP contribution in [0.4, 0.5) is 0 Å². The molecule has 2 aromatic rings. The van der Waals surface area contributed by atoms with Crippen molar-refractivity contribution in [3.63, 3.8) is 0 Å². The van der Waals surface area contributed by atoms with E-state index in [4.69, 9.17) is 14.2 Å². The van der Waals surface area contributed by atoms with E-state index < -0.39 is 0 Å². The zero-order valence-corrected chi connectivity index (χ0v) is 19.2. The Hall–Kier alpha value is -3.06. The molecule has 2 amide bonds. The molecule has 0 bridgehead atoms. The summed E-state index contributed by atoms with van der Waals surface area (Å²) in [6.07, 6.45) is 0.733. The number of amides is 2. The quantitative estimate of drug-likeness (QED) is 0.607. The fraction of sp³-hybridized carbons (Fsp3) is 0.440. The Labute approximate surface area is 189 Å². The number of likely N-dealkylation sites (tertiary alicyclic amines) is 1. The van der Waals surface area contributed by atoms with Gasteiger partial charge in [-0.25, -0.2) is 0 Å². The van der Waals surface area contributed by atoms with Crippen LogP contribution in [0.15, 0.2) is 42.5 Å². The minimum Gasteiger partial charge on any atom is -0.497 e. The topological polar surface area (TPSA) is 77.1 Å². The fourth-order valence-corrected chi connectivity index (χ4v) is 4.22. The Balaban J connectivity index is 1.88. The standard InChI is InChI=1S/C25H32N2O5/c1-17-8-5-6-9-19(17)25(29)27-15-21(20-11-10-18(31-3)14-23(20)32-4)22(16-27)24(28)26-12-7-13-30-2/h5-6,8-11,14,21-22H,7,12-13,15-16H2,1-4H3,(H,26,28)/t21-,22+/m0/s1. The van der Waals surface area contributed by atoms with Crippen LogP contribution >= 0.6 is 0 Å². The molecule has 3 rings (SSSR count). The van der Waals surface area contributed by atoms with E-state index >= 15 is 0 Å². The van der Waals surface area contributed by atoms with E-state index in [0.29, 0.717) is 43.3 Å². The van der Waals surface area contributed by atoms with Gasteiger partial charge in [0.1, 0.15) is 11.5 Å². The van der Waals surface area contributed by atoms with Crippen LogP contribution in [-0.2, 0) is 9.53 Å². The second-order valence-corrected chi connectivity index (χ2v) is 7.98.